The number of aliphatic hydroxyl groups is 1. The van der Waals surface area contributed by atoms with Gasteiger partial charge in [-0.3, -0.25) is 9.89 Å². The van der Waals surface area contributed by atoms with Gasteiger partial charge in [0.15, 0.2) is 0 Å². The van der Waals surface area contributed by atoms with Gasteiger partial charge in [0.1, 0.15) is 0 Å². The van der Waals surface area contributed by atoms with Crippen molar-refractivity contribution in [3.8, 4) is 0 Å². The van der Waals surface area contributed by atoms with Gasteiger partial charge >= 0.3 is 0 Å². The van der Waals surface area contributed by atoms with Crippen LogP contribution in [0.25, 0.3) is 10.9 Å². The van der Waals surface area contributed by atoms with Gasteiger partial charge in [0.2, 0.25) is 0 Å². The molecule has 0 radical (unpaired) electrons. The van der Waals surface area contributed by atoms with E-state index in [1.807, 2.05) is 6.07 Å². The first-order valence-electron chi connectivity index (χ1n) is 6.60. The second-order valence-corrected chi connectivity index (χ2v) is 5.29. The van der Waals surface area contributed by atoms with Crippen LogP contribution in [-0.2, 0) is 0 Å². The van der Waals surface area contributed by atoms with E-state index in [1.165, 1.54) is 0 Å². The van der Waals surface area contributed by atoms with Crippen molar-refractivity contribution in [2.24, 2.45) is 0 Å². The van der Waals surface area contributed by atoms with Crippen LogP contribution in [0.4, 0.5) is 0 Å². The molecule has 0 saturated heterocycles. The Kier molecular flexibility index (Phi) is 2.98. The lowest BCUT2D eigenvalue weighted by atomic mass is 10.0. The van der Waals surface area contributed by atoms with Gasteiger partial charge in [-0.25, -0.2) is 0 Å². The Labute approximate surface area is 111 Å². The normalized spacial score (nSPS) is 17.7. The zero-order valence-electron chi connectivity index (χ0n) is 10.6. The van der Waals surface area contributed by atoms with Crippen LogP contribution in [0.1, 0.15) is 36.0 Å². The molecule has 19 heavy (non-hydrogen) atoms. The van der Waals surface area contributed by atoms with Gasteiger partial charge in [0.05, 0.1) is 17.3 Å². The molecule has 100 valence electrons. The molecule has 1 aliphatic rings. The number of aromatic nitrogens is 2. The lowest BCUT2D eigenvalue weighted by Gasteiger charge is -2.22. The lowest BCUT2D eigenvalue weighted by Crippen LogP contribution is -2.40. The second-order valence-electron chi connectivity index (χ2n) is 5.29. The number of rotatable bonds is 3. The number of aromatic amines is 1. The van der Waals surface area contributed by atoms with E-state index in [4.69, 9.17) is 0 Å². The Morgan fingerprint density at radius 1 is 1.42 bits per heavy atom. The lowest BCUT2D eigenvalue weighted by molar-refractivity contribution is 0.0450. The summed E-state index contributed by atoms with van der Waals surface area (Å²) in [6.07, 6.45) is 5.30. The highest BCUT2D eigenvalue weighted by Gasteiger charge is 2.31. The van der Waals surface area contributed by atoms with E-state index in [2.05, 4.69) is 15.5 Å². The number of H-pyrrole nitrogens is 1. The highest BCUT2D eigenvalue weighted by molar-refractivity contribution is 5.97. The highest BCUT2D eigenvalue weighted by Crippen LogP contribution is 2.28. The van der Waals surface area contributed by atoms with Gasteiger partial charge < -0.3 is 10.4 Å². The van der Waals surface area contributed by atoms with Crippen molar-refractivity contribution in [3.05, 3.63) is 30.0 Å². The molecule has 1 aliphatic carbocycles. The first kappa shape index (κ1) is 12.2. The van der Waals surface area contributed by atoms with E-state index in [1.54, 1.807) is 18.3 Å². The van der Waals surface area contributed by atoms with Crippen molar-refractivity contribution in [1.29, 1.82) is 0 Å². The molecule has 1 aromatic carbocycles. The van der Waals surface area contributed by atoms with Crippen molar-refractivity contribution in [2.45, 2.75) is 31.3 Å². The van der Waals surface area contributed by atoms with Gasteiger partial charge in [-0.2, -0.15) is 5.10 Å². The summed E-state index contributed by atoms with van der Waals surface area (Å²) < 4.78 is 0. The van der Waals surface area contributed by atoms with Crippen LogP contribution in [0, 0.1) is 0 Å². The van der Waals surface area contributed by atoms with Gasteiger partial charge in [0, 0.05) is 17.5 Å². The SMILES string of the molecule is O=C(NCC1(O)CCCC1)c1ccc2[nH]ncc2c1. The summed E-state index contributed by atoms with van der Waals surface area (Å²) >= 11 is 0. The molecule has 0 aliphatic heterocycles. The minimum atomic E-state index is -0.713. The van der Waals surface area contributed by atoms with Crippen molar-refractivity contribution in [1.82, 2.24) is 15.5 Å². The van der Waals surface area contributed by atoms with E-state index in [9.17, 15) is 9.90 Å². The number of nitrogens with zero attached hydrogens (tertiary/aromatic N) is 1. The molecule has 1 heterocycles. The predicted octanol–water partition coefficient (Wildman–Crippen LogP) is 1.60. The molecule has 1 aromatic heterocycles. The summed E-state index contributed by atoms with van der Waals surface area (Å²) in [6.45, 7) is 0.329. The van der Waals surface area contributed by atoms with Crippen LogP contribution in [0.5, 0.6) is 0 Å². The molecule has 0 bridgehead atoms. The zero-order valence-corrected chi connectivity index (χ0v) is 10.6. The summed E-state index contributed by atoms with van der Waals surface area (Å²) in [4.78, 5) is 12.1. The van der Waals surface area contributed by atoms with Crippen LogP contribution < -0.4 is 5.32 Å². The van der Waals surface area contributed by atoms with Crippen LogP contribution in [0.15, 0.2) is 24.4 Å². The van der Waals surface area contributed by atoms with Crippen molar-refractivity contribution in [3.63, 3.8) is 0 Å². The Morgan fingerprint density at radius 3 is 3.00 bits per heavy atom. The number of benzene rings is 1. The number of carbonyl (C=O) groups excluding carboxylic acids is 1. The smallest absolute Gasteiger partial charge is 0.251 e. The summed E-state index contributed by atoms with van der Waals surface area (Å²) in [5.41, 5.74) is 0.788. The van der Waals surface area contributed by atoms with Crippen LogP contribution in [0.3, 0.4) is 0 Å². The quantitative estimate of drug-likeness (QED) is 0.783. The molecule has 0 spiro atoms. The third-order valence-corrected chi connectivity index (χ3v) is 3.81. The number of carbonyl (C=O) groups is 1. The van der Waals surface area contributed by atoms with Crippen LogP contribution >= 0.6 is 0 Å². The Balaban J connectivity index is 1.69. The minimum absolute atomic E-state index is 0.150. The van der Waals surface area contributed by atoms with Crippen molar-refractivity contribution >= 4 is 16.8 Å². The maximum Gasteiger partial charge on any atom is 0.251 e. The van der Waals surface area contributed by atoms with Gasteiger partial charge in [0.25, 0.3) is 5.91 Å². The Bertz CT molecular complexity index is 600. The number of hydrogen-bond acceptors (Lipinski definition) is 3. The van der Waals surface area contributed by atoms with E-state index < -0.39 is 5.60 Å². The highest BCUT2D eigenvalue weighted by atomic mass is 16.3. The zero-order chi connectivity index (χ0) is 13.3. The largest absolute Gasteiger partial charge is 0.388 e. The van der Waals surface area contributed by atoms with Gasteiger partial charge in [-0.15, -0.1) is 0 Å². The molecule has 5 heteroatoms. The topological polar surface area (TPSA) is 78.0 Å². The summed E-state index contributed by atoms with van der Waals surface area (Å²) in [5, 5.41) is 20.7. The molecular formula is C14H17N3O2. The average Bonchev–Trinajstić information content (AvgIpc) is 3.04. The minimum Gasteiger partial charge on any atom is -0.388 e. The molecule has 0 unspecified atom stereocenters. The summed E-state index contributed by atoms with van der Waals surface area (Å²) in [5.74, 6) is -0.150. The maximum absolute atomic E-state index is 12.1. The molecule has 1 saturated carbocycles. The number of hydrogen-bond donors (Lipinski definition) is 3. The Morgan fingerprint density at radius 2 is 2.21 bits per heavy atom. The Hall–Kier alpha value is -1.88. The van der Waals surface area contributed by atoms with Crippen LogP contribution in [-0.4, -0.2) is 33.4 Å². The number of fused-ring (bicyclic) bond motifs is 1. The third kappa shape index (κ3) is 2.46. The average molecular weight is 259 g/mol. The van der Waals surface area contributed by atoms with Crippen LogP contribution in [0.2, 0.25) is 0 Å². The first-order chi connectivity index (χ1) is 9.16. The second kappa shape index (κ2) is 4.66. The van der Waals surface area contributed by atoms with E-state index in [0.717, 1.165) is 36.6 Å². The molecule has 1 amide bonds. The molecule has 3 rings (SSSR count). The van der Waals surface area contributed by atoms with Crippen molar-refractivity contribution in [2.75, 3.05) is 6.54 Å². The van der Waals surface area contributed by atoms with Gasteiger partial charge in [-0.05, 0) is 31.0 Å². The van der Waals surface area contributed by atoms with Gasteiger partial charge in [-0.1, -0.05) is 12.8 Å². The number of nitrogens with one attached hydrogen (secondary N) is 2. The van der Waals surface area contributed by atoms with E-state index in [0.29, 0.717) is 12.1 Å². The summed E-state index contributed by atoms with van der Waals surface area (Å²) in [7, 11) is 0. The van der Waals surface area contributed by atoms with E-state index in [-0.39, 0.29) is 5.91 Å². The fourth-order valence-corrected chi connectivity index (χ4v) is 2.64. The monoisotopic (exact) mass is 259 g/mol. The molecule has 5 nitrogen and oxygen atoms in total. The number of amides is 1. The summed E-state index contributed by atoms with van der Waals surface area (Å²) in [6, 6.07) is 5.39. The molecular weight excluding hydrogens is 242 g/mol. The van der Waals surface area contributed by atoms with E-state index >= 15 is 0 Å². The third-order valence-electron chi connectivity index (χ3n) is 3.81. The fourth-order valence-electron chi connectivity index (χ4n) is 2.64. The standard InChI is InChI=1S/C14H17N3O2/c18-13(15-9-14(19)5-1-2-6-14)10-3-4-12-11(7-10)8-16-17-12/h3-4,7-8,19H,1-2,5-6,9H2,(H,15,18)(H,16,17). The fraction of sp³-hybridized carbons (Fsp3) is 0.429. The molecule has 3 N–H and O–H groups in total. The van der Waals surface area contributed by atoms with Crippen molar-refractivity contribution < 1.29 is 9.90 Å². The maximum atomic E-state index is 12.1. The predicted molar refractivity (Wildman–Crippen MR) is 71.8 cm³/mol. The molecule has 1 fully saturated rings. The first-order valence-corrected chi connectivity index (χ1v) is 6.60. The molecule has 0 atom stereocenters. The molecule has 2 aromatic rings.